The first-order chi connectivity index (χ1) is 17.4. The molecule has 8 aromatic rings. The van der Waals surface area contributed by atoms with Gasteiger partial charge in [-0.2, -0.15) is 0 Å². The lowest BCUT2D eigenvalue weighted by atomic mass is 10.1. The molecule has 0 saturated carbocycles. The van der Waals surface area contributed by atoms with Crippen molar-refractivity contribution in [1.82, 2.24) is 28.9 Å². The molecule has 0 N–H and O–H groups in total. The fourth-order valence-corrected chi connectivity index (χ4v) is 5.17. The van der Waals surface area contributed by atoms with Gasteiger partial charge in [0.1, 0.15) is 16.7 Å². The molecule has 0 saturated heterocycles. The quantitative estimate of drug-likeness (QED) is 0.310. The molecule has 5 aromatic carbocycles. The third-order valence-corrected chi connectivity index (χ3v) is 6.72. The molecule has 0 radical (unpaired) electrons. The lowest BCUT2D eigenvalue weighted by Crippen LogP contribution is -2.06. The number of aromatic nitrogens is 6. The van der Waals surface area contributed by atoms with E-state index in [1.165, 1.54) is 0 Å². The van der Waals surface area contributed by atoms with Gasteiger partial charge >= 0.3 is 0 Å². The van der Waals surface area contributed by atoms with Crippen molar-refractivity contribution in [1.29, 1.82) is 0 Å². The minimum Gasteiger partial charge on any atom is -0.276 e. The van der Waals surface area contributed by atoms with Gasteiger partial charge in [0, 0.05) is 5.39 Å². The Morgan fingerprint density at radius 2 is 1.23 bits per heavy atom. The minimum atomic E-state index is 0.863. The van der Waals surface area contributed by atoms with Gasteiger partial charge in [0.2, 0.25) is 5.78 Å². The van der Waals surface area contributed by atoms with Crippen molar-refractivity contribution in [3.63, 3.8) is 0 Å². The Bertz CT molecular complexity index is 2070. The zero-order valence-electron chi connectivity index (χ0n) is 18.6. The average molecular weight is 451 g/mol. The second-order valence-corrected chi connectivity index (χ2v) is 8.69. The summed E-state index contributed by atoms with van der Waals surface area (Å²) in [5, 5.41) is 12.1. The summed E-state index contributed by atoms with van der Waals surface area (Å²) < 4.78 is 4.43. The molecule has 0 aliphatic rings. The molecular weight excluding hydrogens is 432 g/mol. The summed E-state index contributed by atoms with van der Waals surface area (Å²) in [7, 11) is 0. The Kier molecular flexibility index (Phi) is 3.57. The smallest absolute Gasteiger partial charge is 0.220 e. The van der Waals surface area contributed by atoms with Gasteiger partial charge in [-0.1, -0.05) is 66.7 Å². The van der Waals surface area contributed by atoms with Gasteiger partial charge in [-0.15, -0.1) is 15.0 Å². The largest absolute Gasteiger partial charge is 0.276 e. The van der Waals surface area contributed by atoms with Crippen LogP contribution in [0.15, 0.2) is 109 Å². The first-order valence-corrected chi connectivity index (χ1v) is 11.6. The standard InChI is InChI=1S/C29H18N6/c1-2-10-20-19(9-1)17-18-22-28(20)32-35(31-22)27-16-8-7-15-26(27)34-25-14-6-5-13-24(25)33-23-12-4-3-11-21(23)30-29(33)34/h1-18H. The molecule has 0 amide bonds. The number of para-hydroxylation sites is 6. The van der Waals surface area contributed by atoms with Crippen LogP contribution in [-0.4, -0.2) is 28.9 Å². The maximum absolute atomic E-state index is 5.02. The molecule has 0 bridgehead atoms. The second-order valence-electron chi connectivity index (χ2n) is 8.69. The Labute approximate surface area is 199 Å². The number of rotatable bonds is 2. The molecule has 35 heavy (non-hydrogen) atoms. The highest BCUT2D eigenvalue weighted by atomic mass is 15.5. The third kappa shape index (κ3) is 2.50. The Balaban J connectivity index is 1.46. The van der Waals surface area contributed by atoms with Crippen molar-refractivity contribution in [2.75, 3.05) is 0 Å². The molecule has 164 valence electrons. The van der Waals surface area contributed by atoms with Crippen molar-refractivity contribution in [2.45, 2.75) is 0 Å². The first kappa shape index (κ1) is 18.5. The lowest BCUT2D eigenvalue weighted by molar-refractivity contribution is 0.760. The average Bonchev–Trinajstić information content (AvgIpc) is 3.59. The summed E-state index contributed by atoms with van der Waals surface area (Å²) in [6, 6.07) is 37.3. The van der Waals surface area contributed by atoms with Gasteiger partial charge in [0.05, 0.1) is 27.8 Å². The number of fused-ring (bicyclic) bond motifs is 8. The Morgan fingerprint density at radius 3 is 2.14 bits per heavy atom. The maximum Gasteiger partial charge on any atom is 0.220 e. The fraction of sp³-hybridized carbons (Fsp3) is 0. The van der Waals surface area contributed by atoms with Crippen molar-refractivity contribution in [3.05, 3.63) is 109 Å². The monoisotopic (exact) mass is 450 g/mol. The first-order valence-electron chi connectivity index (χ1n) is 11.6. The minimum absolute atomic E-state index is 0.863. The van der Waals surface area contributed by atoms with Crippen molar-refractivity contribution < 1.29 is 0 Å². The van der Waals surface area contributed by atoms with Gasteiger partial charge in [-0.25, -0.2) is 4.98 Å². The summed E-state index contributed by atoms with van der Waals surface area (Å²) in [5.41, 5.74) is 7.87. The SMILES string of the molecule is c1ccc(-n2c3ccccc3n3c4ccccc4nc23)c(-n2nc3ccc4ccccc4c3n2)c1. The molecule has 0 atom stereocenters. The van der Waals surface area contributed by atoms with Gasteiger partial charge in [0.15, 0.2) is 0 Å². The van der Waals surface area contributed by atoms with E-state index in [9.17, 15) is 0 Å². The summed E-state index contributed by atoms with van der Waals surface area (Å²) in [4.78, 5) is 6.77. The summed E-state index contributed by atoms with van der Waals surface area (Å²) in [6.45, 7) is 0. The van der Waals surface area contributed by atoms with Crippen LogP contribution in [0.2, 0.25) is 0 Å². The van der Waals surface area contributed by atoms with E-state index < -0.39 is 0 Å². The molecule has 3 heterocycles. The summed E-state index contributed by atoms with van der Waals surface area (Å²) in [5.74, 6) is 0.863. The molecule has 8 rings (SSSR count). The van der Waals surface area contributed by atoms with E-state index in [1.54, 1.807) is 4.80 Å². The normalized spacial score (nSPS) is 12.0. The predicted octanol–water partition coefficient (Wildman–Crippen LogP) is 6.32. The zero-order chi connectivity index (χ0) is 22.9. The molecule has 0 aliphatic carbocycles. The summed E-state index contributed by atoms with van der Waals surface area (Å²) in [6.07, 6.45) is 0. The van der Waals surface area contributed by atoms with E-state index in [1.807, 2.05) is 36.4 Å². The van der Waals surface area contributed by atoms with Crippen molar-refractivity contribution in [2.24, 2.45) is 0 Å². The molecule has 0 spiro atoms. The molecular formula is C29H18N6. The van der Waals surface area contributed by atoms with E-state index in [4.69, 9.17) is 15.2 Å². The second kappa shape index (κ2) is 6.77. The number of hydrogen-bond acceptors (Lipinski definition) is 3. The topological polar surface area (TPSA) is 52.9 Å². The van der Waals surface area contributed by atoms with Crippen LogP contribution < -0.4 is 0 Å². The summed E-state index contributed by atoms with van der Waals surface area (Å²) >= 11 is 0. The van der Waals surface area contributed by atoms with Crippen LogP contribution in [0, 0.1) is 0 Å². The molecule has 0 aliphatic heterocycles. The van der Waals surface area contributed by atoms with E-state index >= 15 is 0 Å². The highest BCUT2D eigenvalue weighted by molar-refractivity contribution is 6.03. The van der Waals surface area contributed by atoms with Crippen LogP contribution in [-0.2, 0) is 0 Å². The van der Waals surface area contributed by atoms with E-state index in [0.29, 0.717) is 0 Å². The molecule has 6 nitrogen and oxygen atoms in total. The Hall–Kier alpha value is -4.97. The van der Waals surface area contributed by atoms with Crippen LogP contribution in [0.25, 0.3) is 61.0 Å². The fourth-order valence-electron chi connectivity index (χ4n) is 5.17. The third-order valence-electron chi connectivity index (χ3n) is 6.72. The molecule has 0 unspecified atom stereocenters. The van der Waals surface area contributed by atoms with Gasteiger partial charge in [-0.3, -0.25) is 8.97 Å². The molecule has 3 aromatic heterocycles. The number of imidazole rings is 2. The van der Waals surface area contributed by atoms with Crippen LogP contribution >= 0.6 is 0 Å². The Morgan fingerprint density at radius 1 is 0.514 bits per heavy atom. The van der Waals surface area contributed by atoms with Crippen molar-refractivity contribution in [3.8, 4) is 11.4 Å². The lowest BCUT2D eigenvalue weighted by Gasteiger charge is -2.10. The van der Waals surface area contributed by atoms with Gasteiger partial charge in [0.25, 0.3) is 0 Å². The zero-order valence-corrected chi connectivity index (χ0v) is 18.6. The van der Waals surface area contributed by atoms with E-state index in [0.717, 1.165) is 61.0 Å². The number of nitrogens with zero attached hydrogens (tertiary/aromatic N) is 6. The van der Waals surface area contributed by atoms with Crippen LogP contribution in [0.4, 0.5) is 0 Å². The number of hydrogen-bond donors (Lipinski definition) is 0. The highest BCUT2D eigenvalue weighted by Crippen LogP contribution is 2.32. The maximum atomic E-state index is 5.02. The number of benzene rings is 5. The van der Waals surface area contributed by atoms with Crippen molar-refractivity contribution >= 4 is 49.7 Å². The van der Waals surface area contributed by atoms with Gasteiger partial charge in [-0.05, 0) is 47.9 Å². The van der Waals surface area contributed by atoms with Gasteiger partial charge < -0.3 is 0 Å². The van der Waals surface area contributed by atoms with E-state index in [2.05, 4.69) is 81.8 Å². The predicted molar refractivity (Wildman–Crippen MR) is 139 cm³/mol. The van der Waals surface area contributed by atoms with Crippen LogP contribution in [0.1, 0.15) is 0 Å². The highest BCUT2D eigenvalue weighted by Gasteiger charge is 2.20. The van der Waals surface area contributed by atoms with E-state index in [-0.39, 0.29) is 0 Å². The van der Waals surface area contributed by atoms with Crippen LogP contribution in [0.5, 0.6) is 0 Å². The molecule has 6 heteroatoms. The molecule has 0 fully saturated rings. The van der Waals surface area contributed by atoms with Crippen LogP contribution in [0.3, 0.4) is 0 Å².